The lowest BCUT2D eigenvalue weighted by atomic mass is 9.88. The summed E-state index contributed by atoms with van der Waals surface area (Å²) in [5.74, 6) is 2.25. The summed E-state index contributed by atoms with van der Waals surface area (Å²) in [6.45, 7) is 9.06. The molecule has 0 amide bonds. The Morgan fingerprint density at radius 3 is 1.19 bits per heavy atom. The molecule has 2 heteroatoms. The zero-order chi connectivity index (χ0) is 23.6. The summed E-state index contributed by atoms with van der Waals surface area (Å²) in [6.07, 6.45) is 22.1. The van der Waals surface area contributed by atoms with E-state index in [0.29, 0.717) is 11.5 Å². The first-order chi connectivity index (χ1) is 15.5. The molecule has 1 rings (SSSR count). The van der Waals surface area contributed by atoms with Gasteiger partial charge < -0.3 is 10.2 Å². The number of aromatic hydroxyl groups is 2. The van der Waals surface area contributed by atoms with Crippen LogP contribution in [0.15, 0.2) is 12.1 Å². The lowest BCUT2D eigenvalue weighted by Gasteiger charge is -2.19. The summed E-state index contributed by atoms with van der Waals surface area (Å²) in [6, 6.07) is 3.71. The molecule has 1 aromatic rings. The highest BCUT2D eigenvalue weighted by Crippen LogP contribution is 2.33. The molecule has 1 aromatic carbocycles. The van der Waals surface area contributed by atoms with Gasteiger partial charge in [0.25, 0.3) is 0 Å². The fourth-order valence-electron chi connectivity index (χ4n) is 5.00. The van der Waals surface area contributed by atoms with E-state index in [1.807, 2.05) is 12.1 Å². The Kier molecular flexibility index (Phi) is 16.5. The largest absolute Gasteiger partial charge is 0.508 e. The third-order valence-electron chi connectivity index (χ3n) is 7.29. The third kappa shape index (κ3) is 12.2. The molecule has 0 bridgehead atoms. The lowest BCUT2D eigenvalue weighted by molar-refractivity contribution is 0.381. The van der Waals surface area contributed by atoms with Gasteiger partial charge in [-0.05, 0) is 60.8 Å². The maximum absolute atomic E-state index is 10.7. The van der Waals surface area contributed by atoms with Gasteiger partial charge in [0.2, 0.25) is 0 Å². The molecule has 2 atom stereocenters. The summed E-state index contributed by atoms with van der Waals surface area (Å²) in [7, 11) is 0. The minimum atomic E-state index is 0.386. The molecule has 2 nitrogen and oxygen atoms in total. The van der Waals surface area contributed by atoms with Gasteiger partial charge in [0.1, 0.15) is 11.5 Å². The highest BCUT2D eigenvalue weighted by Gasteiger charge is 2.15. The number of unbranched alkanes of at least 4 members (excludes halogenated alkanes) is 6. The summed E-state index contributed by atoms with van der Waals surface area (Å²) < 4.78 is 0. The fourth-order valence-corrected chi connectivity index (χ4v) is 5.00. The number of phenols is 2. The number of phenolic OH excluding ortho intramolecular Hbond substituents is 2. The Morgan fingerprint density at radius 1 is 0.500 bits per heavy atom. The van der Waals surface area contributed by atoms with E-state index < -0.39 is 0 Å². The van der Waals surface area contributed by atoms with Crippen LogP contribution in [0.2, 0.25) is 0 Å². The molecule has 186 valence electrons. The quantitative estimate of drug-likeness (QED) is 0.154. The van der Waals surface area contributed by atoms with Crippen molar-refractivity contribution in [3.8, 4) is 11.5 Å². The van der Waals surface area contributed by atoms with E-state index in [1.54, 1.807) is 0 Å². The molecule has 0 unspecified atom stereocenters. The summed E-state index contributed by atoms with van der Waals surface area (Å²) in [5, 5.41) is 21.4. The number of aryl methyl sites for hydroxylation is 2. The van der Waals surface area contributed by atoms with Gasteiger partial charge in [0.05, 0.1) is 0 Å². The van der Waals surface area contributed by atoms with Crippen molar-refractivity contribution >= 4 is 0 Å². The Morgan fingerprint density at radius 2 is 0.844 bits per heavy atom. The van der Waals surface area contributed by atoms with Gasteiger partial charge in [-0.25, -0.2) is 0 Å². The van der Waals surface area contributed by atoms with Crippen molar-refractivity contribution in [1.29, 1.82) is 0 Å². The first-order valence-corrected chi connectivity index (χ1v) is 14.1. The monoisotopic (exact) mass is 446 g/mol. The molecular formula is C30H54O2. The van der Waals surface area contributed by atoms with Crippen LogP contribution in [0.1, 0.15) is 142 Å². The molecule has 0 fully saturated rings. The standard InChI is InChI=1S/C30H54O2/c1-5-9-13-17-25(15-11-7-3)19-21-27-23-30(32)28(24-29(27)31)22-20-26(16-12-8-4)18-14-10-6-2/h23-26,31-32H,5-22H2,1-4H3/t25-,26-/m1/s1. The second-order valence-electron chi connectivity index (χ2n) is 10.2. The van der Waals surface area contributed by atoms with Crippen LogP contribution in [-0.2, 0) is 12.8 Å². The van der Waals surface area contributed by atoms with Gasteiger partial charge >= 0.3 is 0 Å². The average molecular weight is 447 g/mol. The predicted molar refractivity (Wildman–Crippen MR) is 141 cm³/mol. The van der Waals surface area contributed by atoms with Crippen LogP contribution in [0.4, 0.5) is 0 Å². The molecule has 2 N–H and O–H groups in total. The van der Waals surface area contributed by atoms with E-state index in [0.717, 1.165) is 48.6 Å². The van der Waals surface area contributed by atoms with Crippen molar-refractivity contribution in [2.75, 3.05) is 0 Å². The third-order valence-corrected chi connectivity index (χ3v) is 7.29. The summed E-state index contributed by atoms with van der Waals surface area (Å²) >= 11 is 0. The van der Waals surface area contributed by atoms with Crippen molar-refractivity contribution in [3.63, 3.8) is 0 Å². The smallest absolute Gasteiger partial charge is 0.119 e. The van der Waals surface area contributed by atoms with Gasteiger partial charge in [-0.3, -0.25) is 0 Å². The van der Waals surface area contributed by atoms with E-state index >= 15 is 0 Å². The second kappa shape index (κ2) is 18.3. The summed E-state index contributed by atoms with van der Waals surface area (Å²) in [5.41, 5.74) is 1.85. The first kappa shape index (κ1) is 28.9. The van der Waals surface area contributed by atoms with Crippen LogP contribution in [0.5, 0.6) is 11.5 Å². The highest BCUT2D eigenvalue weighted by molar-refractivity contribution is 5.45. The van der Waals surface area contributed by atoms with Crippen molar-refractivity contribution < 1.29 is 10.2 Å². The zero-order valence-electron chi connectivity index (χ0n) is 21.9. The van der Waals surface area contributed by atoms with Crippen molar-refractivity contribution in [2.45, 2.75) is 143 Å². The van der Waals surface area contributed by atoms with E-state index in [9.17, 15) is 10.2 Å². The van der Waals surface area contributed by atoms with Gasteiger partial charge in [-0.15, -0.1) is 0 Å². The lowest BCUT2D eigenvalue weighted by Crippen LogP contribution is -2.05. The summed E-state index contributed by atoms with van der Waals surface area (Å²) in [4.78, 5) is 0. The number of hydrogen-bond donors (Lipinski definition) is 2. The Hall–Kier alpha value is -1.18. The van der Waals surface area contributed by atoms with E-state index in [-0.39, 0.29) is 0 Å². The molecule has 0 heterocycles. The van der Waals surface area contributed by atoms with E-state index in [2.05, 4.69) is 27.7 Å². The molecule has 0 saturated heterocycles. The minimum Gasteiger partial charge on any atom is -0.508 e. The molecular weight excluding hydrogens is 392 g/mol. The fraction of sp³-hybridized carbons (Fsp3) is 0.800. The van der Waals surface area contributed by atoms with Crippen molar-refractivity contribution in [2.24, 2.45) is 11.8 Å². The topological polar surface area (TPSA) is 40.5 Å². The van der Waals surface area contributed by atoms with Gasteiger partial charge in [-0.2, -0.15) is 0 Å². The average Bonchev–Trinajstić information content (AvgIpc) is 2.79. The normalized spacial score (nSPS) is 13.4. The Balaban J connectivity index is 2.67. The van der Waals surface area contributed by atoms with Gasteiger partial charge in [0.15, 0.2) is 0 Å². The van der Waals surface area contributed by atoms with Crippen LogP contribution in [0, 0.1) is 11.8 Å². The number of rotatable bonds is 20. The van der Waals surface area contributed by atoms with Crippen molar-refractivity contribution in [1.82, 2.24) is 0 Å². The highest BCUT2D eigenvalue weighted by atomic mass is 16.3. The number of hydrogen-bond acceptors (Lipinski definition) is 2. The van der Waals surface area contributed by atoms with E-state index in [4.69, 9.17) is 0 Å². The molecule has 32 heavy (non-hydrogen) atoms. The van der Waals surface area contributed by atoms with Crippen LogP contribution in [0.3, 0.4) is 0 Å². The SMILES string of the molecule is CCCCC[C@@H](CCCC)CCc1cc(O)c(CC[C@H](CCCC)CCCCC)cc1O. The first-order valence-electron chi connectivity index (χ1n) is 14.1. The molecule has 0 aliphatic rings. The Labute approximate surface area is 200 Å². The maximum atomic E-state index is 10.7. The molecule has 0 aromatic heterocycles. The van der Waals surface area contributed by atoms with E-state index in [1.165, 1.54) is 89.9 Å². The van der Waals surface area contributed by atoms with Crippen LogP contribution < -0.4 is 0 Å². The van der Waals surface area contributed by atoms with Crippen LogP contribution >= 0.6 is 0 Å². The molecule has 0 saturated carbocycles. The molecule has 0 aliphatic heterocycles. The van der Waals surface area contributed by atoms with Crippen LogP contribution in [0.25, 0.3) is 0 Å². The van der Waals surface area contributed by atoms with Crippen molar-refractivity contribution in [3.05, 3.63) is 23.3 Å². The van der Waals surface area contributed by atoms with Crippen LogP contribution in [-0.4, -0.2) is 10.2 Å². The number of benzene rings is 1. The minimum absolute atomic E-state index is 0.386. The van der Waals surface area contributed by atoms with Gasteiger partial charge in [0, 0.05) is 0 Å². The zero-order valence-corrected chi connectivity index (χ0v) is 21.9. The molecule has 0 aliphatic carbocycles. The predicted octanol–water partition coefficient (Wildman–Crippen LogP) is 9.74. The molecule has 0 radical (unpaired) electrons. The second-order valence-corrected chi connectivity index (χ2v) is 10.2. The molecule has 0 spiro atoms. The maximum Gasteiger partial charge on any atom is 0.119 e. The van der Waals surface area contributed by atoms with Gasteiger partial charge in [-0.1, -0.05) is 118 Å². The Bertz CT molecular complexity index is 529.